The SMILES string of the molecule is COC(=O)c1cccc(Cn2ccnc2C2CC2)c1. The lowest BCUT2D eigenvalue weighted by Gasteiger charge is -2.08. The van der Waals surface area contributed by atoms with Gasteiger partial charge in [-0.15, -0.1) is 0 Å². The number of hydrogen-bond acceptors (Lipinski definition) is 3. The van der Waals surface area contributed by atoms with Crippen molar-refractivity contribution < 1.29 is 9.53 Å². The monoisotopic (exact) mass is 256 g/mol. The van der Waals surface area contributed by atoms with E-state index in [0.29, 0.717) is 11.5 Å². The van der Waals surface area contributed by atoms with Gasteiger partial charge in [-0.1, -0.05) is 12.1 Å². The highest BCUT2D eigenvalue weighted by molar-refractivity contribution is 5.89. The van der Waals surface area contributed by atoms with Gasteiger partial charge in [0.15, 0.2) is 0 Å². The van der Waals surface area contributed by atoms with Crippen LogP contribution in [0.25, 0.3) is 0 Å². The van der Waals surface area contributed by atoms with Gasteiger partial charge in [-0.25, -0.2) is 9.78 Å². The van der Waals surface area contributed by atoms with Gasteiger partial charge < -0.3 is 9.30 Å². The normalized spacial score (nSPS) is 14.4. The van der Waals surface area contributed by atoms with E-state index in [1.54, 1.807) is 6.07 Å². The van der Waals surface area contributed by atoms with E-state index >= 15 is 0 Å². The molecule has 1 aliphatic carbocycles. The summed E-state index contributed by atoms with van der Waals surface area (Å²) < 4.78 is 6.90. The van der Waals surface area contributed by atoms with Crippen LogP contribution in [0.4, 0.5) is 0 Å². The van der Waals surface area contributed by atoms with Crippen molar-refractivity contribution in [3.8, 4) is 0 Å². The first kappa shape index (κ1) is 12.0. The average Bonchev–Trinajstić information content (AvgIpc) is 3.19. The maximum Gasteiger partial charge on any atom is 0.337 e. The number of ether oxygens (including phenoxy) is 1. The number of imidazole rings is 1. The Balaban J connectivity index is 1.82. The third-order valence-electron chi connectivity index (χ3n) is 3.39. The second kappa shape index (κ2) is 4.88. The fourth-order valence-corrected chi connectivity index (χ4v) is 2.27. The van der Waals surface area contributed by atoms with Gasteiger partial charge in [0.05, 0.1) is 12.7 Å². The molecule has 0 spiro atoms. The predicted octanol–water partition coefficient (Wildman–Crippen LogP) is 2.60. The first-order valence-corrected chi connectivity index (χ1v) is 6.46. The lowest BCUT2D eigenvalue weighted by atomic mass is 10.1. The lowest BCUT2D eigenvalue weighted by molar-refractivity contribution is 0.0600. The molecule has 19 heavy (non-hydrogen) atoms. The van der Waals surface area contributed by atoms with E-state index in [9.17, 15) is 4.79 Å². The van der Waals surface area contributed by atoms with Crippen LogP contribution in [-0.4, -0.2) is 22.6 Å². The van der Waals surface area contributed by atoms with Crippen molar-refractivity contribution in [3.05, 3.63) is 53.6 Å². The quantitative estimate of drug-likeness (QED) is 0.790. The fourth-order valence-electron chi connectivity index (χ4n) is 2.27. The van der Waals surface area contributed by atoms with Crippen LogP contribution >= 0.6 is 0 Å². The van der Waals surface area contributed by atoms with Crippen molar-refractivity contribution in [1.82, 2.24) is 9.55 Å². The number of aromatic nitrogens is 2. The van der Waals surface area contributed by atoms with Crippen molar-refractivity contribution in [2.75, 3.05) is 7.11 Å². The van der Waals surface area contributed by atoms with Crippen molar-refractivity contribution in [2.45, 2.75) is 25.3 Å². The van der Waals surface area contributed by atoms with Crippen LogP contribution in [0.5, 0.6) is 0 Å². The van der Waals surface area contributed by atoms with Gasteiger partial charge in [0.1, 0.15) is 5.82 Å². The van der Waals surface area contributed by atoms with Gasteiger partial charge in [-0.3, -0.25) is 0 Å². The number of rotatable bonds is 4. The van der Waals surface area contributed by atoms with E-state index in [2.05, 4.69) is 9.55 Å². The average molecular weight is 256 g/mol. The Morgan fingerprint density at radius 2 is 2.32 bits per heavy atom. The topological polar surface area (TPSA) is 44.1 Å². The summed E-state index contributed by atoms with van der Waals surface area (Å²) in [7, 11) is 1.40. The summed E-state index contributed by atoms with van der Waals surface area (Å²) in [5.41, 5.74) is 1.68. The van der Waals surface area contributed by atoms with Crippen LogP contribution in [0, 0.1) is 0 Å². The van der Waals surface area contributed by atoms with E-state index in [0.717, 1.165) is 17.9 Å². The molecule has 1 aromatic heterocycles. The number of methoxy groups -OCH3 is 1. The van der Waals surface area contributed by atoms with E-state index in [-0.39, 0.29) is 5.97 Å². The summed E-state index contributed by atoms with van der Waals surface area (Å²) >= 11 is 0. The third kappa shape index (κ3) is 2.52. The van der Waals surface area contributed by atoms with Crippen LogP contribution in [0.2, 0.25) is 0 Å². The zero-order chi connectivity index (χ0) is 13.2. The van der Waals surface area contributed by atoms with Crippen LogP contribution in [0.1, 0.15) is 40.5 Å². The maximum absolute atomic E-state index is 11.5. The van der Waals surface area contributed by atoms with Gasteiger partial charge in [0.2, 0.25) is 0 Å². The summed E-state index contributed by atoms with van der Waals surface area (Å²) in [4.78, 5) is 15.9. The first-order chi connectivity index (χ1) is 9.28. The highest BCUT2D eigenvalue weighted by atomic mass is 16.5. The van der Waals surface area contributed by atoms with Gasteiger partial charge >= 0.3 is 5.97 Å². The molecule has 0 N–H and O–H groups in total. The van der Waals surface area contributed by atoms with E-state index in [1.165, 1.54) is 20.0 Å². The highest BCUT2D eigenvalue weighted by Gasteiger charge is 2.27. The van der Waals surface area contributed by atoms with Gasteiger partial charge in [-0.05, 0) is 30.5 Å². The van der Waals surface area contributed by atoms with Crippen LogP contribution in [-0.2, 0) is 11.3 Å². The smallest absolute Gasteiger partial charge is 0.337 e. The van der Waals surface area contributed by atoms with Crippen LogP contribution in [0.15, 0.2) is 36.7 Å². The van der Waals surface area contributed by atoms with Gasteiger partial charge in [0, 0.05) is 24.9 Å². The summed E-state index contributed by atoms with van der Waals surface area (Å²) in [5.74, 6) is 1.48. The molecule has 0 radical (unpaired) electrons. The molecule has 1 aliphatic rings. The second-order valence-corrected chi connectivity index (χ2v) is 4.88. The number of esters is 1. The minimum Gasteiger partial charge on any atom is -0.465 e. The molecular formula is C15H16N2O2. The van der Waals surface area contributed by atoms with Crippen molar-refractivity contribution in [2.24, 2.45) is 0 Å². The molecule has 1 heterocycles. The molecule has 1 aromatic carbocycles. The number of carbonyl (C=O) groups excluding carboxylic acids is 1. The molecule has 4 nitrogen and oxygen atoms in total. The largest absolute Gasteiger partial charge is 0.465 e. The Bertz CT molecular complexity index is 600. The molecular weight excluding hydrogens is 240 g/mol. The molecule has 0 atom stereocenters. The van der Waals surface area contributed by atoms with E-state index in [1.807, 2.05) is 30.6 Å². The summed E-state index contributed by atoms with van der Waals surface area (Å²) in [6, 6.07) is 7.55. The minimum absolute atomic E-state index is 0.296. The molecule has 0 bridgehead atoms. The van der Waals surface area contributed by atoms with Crippen molar-refractivity contribution in [1.29, 1.82) is 0 Å². The zero-order valence-electron chi connectivity index (χ0n) is 10.9. The summed E-state index contributed by atoms with van der Waals surface area (Å²) in [6.07, 6.45) is 6.31. The molecule has 4 heteroatoms. The zero-order valence-corrected chi connectivity index (χ0v) is 10.9. The molecule has 0 unspecified atom stereocenters. The third-order valence-corrected chi connectivity index (χ3v) is 3.39. The molecule has 0 aliphatic heterocycles. The number of hydrogen-bond donors (Lipinski definition) is 0. The van der Waals surface area contributed by atoms with Crippen molar-refractivity contribution >= 4 is 5.97 Å². The maximum atomic E-state index is 11.5. The molecule has 1 fully saturated rings. The van der Waals surface area contributed by atoms with Crippen LogP contribution in [0.3, 0.4) is 0 Å². The van der Waals surface area contributed by atoms with Gasteiger partial charge in [-0.2, -0.15) is 0 Å². The predicted molar refractivity (Wildman–Crippen MR) is 71.1 cm³/mol. The number of carbonyl (C=O) groups is 1. The molecule has 98 valence electrons. The summed E-state index contributed by atoms with van der Waals surface area (Å²) in [5, 5.41) is 0. The second-order valence-electron chi connectivity index (χ2n) is 4.88. The molecule has 1 saturated carbocycles. The Labute approximate surface area is 112 Å². The number of benzene rings is 1. The number of nitrogens with zero attached hydrogens (tertiary/aromatic N) is 2. The van der Waals surface area contributed by atoms with E-state index < -0.39 is 0 Å². The summed E-state index contributed by atoms with van der Waals surface area (Å²) in [6.45, 7) is 0.747. The lowest BCUT2D eigenvalue weighted by Crippen LogP contribution is -2.06. The van der Waals surface area contributed by atoms with Crippen LogP contribution < -0.4 is 0 Å². The minimum atomic E-state index is -0.296. The Kier molecular flexibility index (Phi) is 3.07. The highest BCUT2D eigenvalue weighted by Crippen LogP contribution is 2.39. The molecule has 2 aromatic rings. The Morgan fingerprint density at radius 1 is 1.47 bits per heavy atom. The van der Waals surface area contributed by atoms with Crippen molar-refractivity contribution in [3.63, 3.8) is 0 Å². The van der Waals surface area contributed by atoms with Gasteiger partial charge in [0.25, 0.3) is 0 Å². The van der Waals surface area contributed by atoms with E-state index in [4.69, 9.17) is 4.74 Å². The standard InChI is InChI=1S/C15H16N2O2/c1-19-15(18)13-4-2-3-11(9-13)10-17-8-7-16-14(17)12-5-6-12/h2-4,7-9,12H,5-6,10H2,1H3. The Morgan fingerprint density at radius 3 is 3.05 bits per heavy atom. The first-order valence-electron chi connectivity index (χ1n) is 6.46. The fraction of sp³-hybridized carbons (Fsp3) is 0.333. The Hall–Kier alpha value is -2.10. The molecule has 0 amide bonds. The molecule has 0 saturated heterocycles. The molecule has 3 rings (SSSR count).